The number of carbonyl (C=O) groups excluding carboxylic acids is 2. The van der Waals surface area contributed by atoms with E-state index in [4.69, 9.17) is 4.74 Å². The number of hydrogen-bond donors (Lipinski definition) is 3. The van der Waals surface area contributed by atoms with Gasteiger partial charge < -0.3 is 20.3 Å². The molecule has 0 aliphatic carbocycles. The summed E-state index contributed by atoms with van der Waals surface area (Å²) in [5.41, 5.74) is 0. The number of amides is 1. The van der Waals surface area contributed by atoms with Gasteiger partial charge in [0.15, 0.2) is 0 Å². The van der Waals surface area contributed by atoms with E-state index in [1.54, 1.807) is 6.08 Å². The largest absolute Gasteiger partial charge is 0.466 e. The molecule has 0 fully saturated rings. The van der Waals surface area contributed by atoms with E-state index in [-0.39, 0.29) is 18.5 Å². The molecule has 6 nitrogen and oxygen atoms in total. The summed E-state index contributed by atoms with van der Waals surface area (Å²) in [5.74, 6) is -0.140. The Balaban J connectivity index is 3.56. The highest BCUT2D eigenvalue weighted by Crippen LogP contribution is 2.15. The minimum atomic E-state index is -0.863. The molecular formula is C54H99NO5. The molecule has 2 atom stereocenters. The fourth-order valence-electron chi connectivity index (χ4n) is 7.54. The second-order valence-corrected chi connectivity index (χ2v) is 17.5. The van der Waals surface area contributed by atoms with Crippen LogP contribution in [-0.2, 0) is 14.3 Å². The molecule has 0 heterocycles. The highest BCUT2D eigenvalue weighted by molar-refractivity contribution is 5.76. The lowest BCUT2D eigenvalue weighted by molar-refractivity contribution is -0.143. The summed E-state index contributed by atoms with van der Waals surface area (Å²) in [6, 6.07) is -0.650. The van der Waals surface area contributed by atoms with Crippen molar-refractivity contribution >= 4 is 11.9 Å². The van der Waals surface area contributed by atoms with Crippen molar-refractivity contribution in [2.45, 2.75) is 270 Å². The Morgan fingerprint density at radius 1 is 0.467 bits per heavy atom. The first-order valence-corrected chi connectivity index (χ1v) is 25.9. The molecule has 0 bridgehead atoms. The van der Waals surface area contributed by atoms with Crippen LogP contribution in [0.3, 0.4) is 0 Å². The number of unbranched alkanes of at least 4 members (excludes halogenated alkanes) is 30. The Labute approximate surface area is 372 Å². The van der Waals surface area contributed by atoms with Crippen LogP contribution in [0.15, 0.2) is 48.6 Å². The van der Waals surface area contributed by atoms with Gasteiger partial charge in [-0.3, -0.25) is 9.59 Å². The van der Waals surface area contributed by atoms with Crippen molar-refractivity contribution in [2.24, 2.45) is 0 Å². The smallest absolute Gasteiger partial charge is 0.305 e. The van der Waals surface area contributed by atoms with Crippen LogP contribution in [0.2, 0.25) is 0 Å². The van der Waals surface area contributed by atoms with E-state index in [1.165, 1.54) is 141 Å². The van der Waals surface area contributed by atoms with E-state index in [0.29, 0.717) is 19.4 Å². The van der Waals surface area contributed by atoms with Crippen LogP contribution in [0.25, 0.3) is 0 Å². The molecule has 0 aromatic carbocycles. The summed E-state index contributed by atoms with van der Waals surface area (Å²) in [6.07, 6.45) is 61.1. The Morgan fingerprint density at radius 2 is 0.833 bits per heavy atom. The van der Waals surface area contributed by atoms with E-state index < -0.39 is 12.1 Å². The molecule has 0 aromatic rings. The predicted octanol–water partition coefficient (Wildman–Crippen LogP) is 15.5. The maximum Gasteiger partial charge on any atom is 0.305 e. The molecule has 1 amide bonds. The molecule has 2 unspecified atom stereocenters. The number of rotatable bonds is 47. The van der Waals surface area contributed by atoms with E-state index in [1.807, 2.05) is 6.08 Å². The fraction of sp³-hybridized carbons (Fsp3) is 0.815. The molecule has 0 aliphatic heterocycles. The van der Waals surface area contributed by atoms with Crippen molar-refractivity contribution in [2.75, 3.05) is 13.2 Å². The van der Waals surface area contributed by atoms with Gasteiger partial charge in [-0.25, -0.2) is 0 Å². The molecule has 0 aromatic heterocycles. The van der Waals surface area contributed by atoms with Crippen LogP contribution in [-0.4, -0.2) is 47.4 Å². The minimum absolute atomic E-state index is 0.0416. The number of carbonyl (C=O) groups is 2. The molecule has 350 valence electrons. The average Bonchev–Trinajstić information content (AvgIpc) is 3.25. The summed E-state index contributed by atoms with van der Waals surface area (Å²) >= 11 is 0. The number of aliphatic hydroxyl groups is 2. The van der Waals surface area contributed by atoms with E-state index in [0.717, 1.165) is 89.9 Å². The number of aliphatic hydroxyl groups excluding tert-OH is 2. The van der Waals surface area contributed by atoms with Crippen LogP contribution < -0.4 is 5.32 Å². The number of nitrogens with one attached hydrogen (secondary N) is 1. The normalized spacial score (nSPS) is 13.1. The summed E-state index contributed by atoms with van der Waals surface area (Å²) < 4.78 is 5.44. The molecule has 6 heteroatoms. The fourth-order valence-corrected chi connectivity index (χ4v) is 7.54. The number of allylic oxidation sites excluding steroid dienone is 7. The summed E-state index contributed by atoms with van der Waals surface area (Å²) in [7, 11) is 0. The van der Waals surface area contributed by atoms with Crippen LogP contribution in [0, 0.1) is 0 Å². The summed E-state index contributed by atoms with van der Waals surface area (Å²) in [4.78, 5) is 24.5. The van der Waals surface area contributed by atoms with Gasteiger partial charge >= 0.3 is 5.97 Å². The monoisotopic (exact) mass is 842 g/mol. The Hall–Kier alpha value is -2.18. The predicted molar refractivity (Wildman–Crippen MR) is 259 cm³/mol. The second kappa shape index (κ2) is 49.5. The standard InChI is InChI=1S/C54H99NO5/c1-3-5-7-9-11-13-15-17-19-20-22-24-28-32-36-40-44-48-54(59)60-49-45-41-37-33-29-25-27-31-35-39-43-47-53(58)55-51(50-56)52(57)46-42-38-34-30-26-23-21-18-16-14-12-10-8-6-4-2/h11,13,17,19,29,33,42,46,51-52,56-57H,3-10,12,14-16,18,20-28,30-32,34-41,43-45,47-50H2,1-2H3,(H,55,58)/b13-11-,19-17-,33-29-,46-42+. The molecule has 0 aliphatic rings. The molecule has 0 spiro atoms. The van der Waals surface area contributed by atoms with E-state index in [2.05, 4.69) is 55.6 Å². The molecule has 60 heavy (non-hydrogen) atoms. The van der Waals surface area contributed by atoms with Gasteiger partial charge in [0.05, 0.1) is 25.4 Å². The van der Waals surface area contributed by atoms with Gasteiger partial charge in [-0.15, -0.1) is 0 Å². The SMILES string of the molecule is CCCCC/C=C\C/C=C\CCCCCCCCCC(=O)OCCCC/C=C\CCCCCCCC(=O)NC(CO)C(O)/C=C/CCCCCCCCCCCCCCC. The molecule has 0 rings (SSSR count). The summed E-state index contributed by atoms with van der Waals surface area (Å²) in [5, 5.41) is 23.0. The van der Waals surface area contributed by atoms with Crippen molar-refractivity contribution in [3.8, 4) is 0 Å². The zero-order chi connectivity index (χ0) is 43.7. The van der Waals surface area contributed by atoms with Crippen molar-refractivity contribution in [3.63, 3.8) is 0 Å². The number of esters is 1. The van der Waals surface area contributed by atoms with Crippen LogP contribution >= 0.6 is 0 Å². The van der Waals surface area contributed by atoms with Crippen molar-refractivity contribution in [3.05, 3.63) is 48.6 Å². The van der Waals surface area contributed by atoms with E-state index in [9.17, 15) is 19.8 Å². The highest BCUT2D eigenvalue weighted by atomic mass is 16.5. The minimum Gasteiger partial charge on any atom is -0.466 e. The van der Waals surface area contributed by atoms with Crippen LogP contribution in [0.5, 0.6) is 0 Å². The maximum atomic E-state index is 12.4. The van der Waals surface area contributed by atoms with Gasteiger partial charge in [0.2, 0.25) is 5.91 Å². The quantitative estimate of drug-likeness (QED) is 0.0322. The van der Waals surface area contributed by atoms with Crippen molar-refractivity contribution in [1.82, 2.24) is 5.32 Å². The van der Waals surface area contributed by atoms with Crippen LogP contribution in [0.1, 0.15) is 258 Å². The molecule has 0 radical (unpaired) electrons. The lowest BCUT2D eigenvalue weighted by Gasteiger charge is -2.20. The Kier molecular flexibility index (Phi) is 47.7. The first kappa shape index (κ1) is 57.8. The first-order chi connectivity index (χ1) is 29.5. The molecule has 3 N–H and O–H groups in total. The van der Waals surface area contributed by atoms with Crippen molar-refractivity contribution in [1.29, 1.82) is 0 Å². The zero-order valence-corrected chi connectivity index (χ0v) is 39.7. The van der Waals surface area contributed by atoms with Crippen molar-refractivity contribution < 1.29 is 24.5 Å². The number of ether oxygens (including phenoxy) is 1. The lowest BCUT2D eigenvalue weighted by Crippen LogP contribution is -2.45. The van der Waals surface area contributed by atoms with Gasteiger partial charge in [0.1, 0.15) is 0 Å². The van der Waals surface area contributed by atoms with Gasteiger partial charge in [-0.2, -0.15) is 0 Å². The third-order valence-electron chi connectivity index (χ3n) is 11.6. The van der Waals surface area contributed by atoms with Gasteiger partial charge in [0, 0.05) is 12.8 Å². The number of hydrogen-bond acceptors (Lipinski definition) is 5. The average molecular weight is 842 g/mol. The third kappa shape index (κ3) is 45.3. The first-order valence-electron chi connectivity index (χ1n) is 25.9. The Morgan fingerprint density at radius 3 is 1.32 bits per heavy atom. The topological polar surface area (TPSA) is 95.9 Å². The van der Waals surface area contributed by atoms with E-state index >= 15 is 0 Å². The molecule has 0 saturated carbocycles. The zero-order valence-electron chi connectivity index (χ0n) is 39.7. The molecular weight excluding hydrogens is 743 g/mol. The van der Waals surface area contributed by atoms with Gasteiger partial charge in [-0.1, -0.05) is 204 Å². The Bertz CT molecular complexity index is 1020. The van der Waals surface area contributed by atoms with Gasteiger partial charge in [0.25, 0.3) is 0 Å². The summed E-state index contributed by atoms with van der Waals surface area (Å²) in [6.45, 7) is 4.79. The highest BCUT2D eigenvalue weighted by Gasteiger charge is 2.18. The lowest BCUT2D eigenvalue weighted by atomic mass is 10.0. The van der Waals surface area contributed by atoms with Gasteiger partial charge in [-0.05, 0) is 89.9 Å². The van der Waals surface area contributed by atoms with Crippen LogP contribution in [0.4, 0.5) is 0 Å². The maximum absolute atomic E-state index is 12.4. The second-order valence-electron chi connectivity index (χ2n) is 17.5. The third-order valence-corrected chi connectivity index (χ3v) is 11.6. The molecule has 0 saturated heterocycles.